The average molecular weight is 368 g/mol. The SMILES string of the molecule is O=C(N/N=C\c1ccc(OC(=O)c2ccccc2F)cc1)c1cccs1. The highest BCUT2D eigenvalue weighted by molar-refractivity contribution is 7.12. The molecule has 1 N–H and O–H groups in total. The largest absolute Gasteiger partial charge is 0.423 e. The number of ether oxygens (including phenoxy) is 1. The van der Waals surface area contributed by atoms with Crippen molar-refractivity contribution in [2.75, 3.05) is 0 Å². The van der Waals surface area contributed by atoms with Gasteiger partial charge in [-0.2, -0.15) is 5.10 Å². The zero-order valence-corrected chi connectivity index (χ0v) is 14.2. The first kappa shape index (κ1) is 17.5. The van der Waals surface area contributed by atoms with Crippen molar-refractivity contribution in [3.05, 3.63) is 87.9 Å². The van der Waals surface area contributed by atoms with Crippen molar-refractivity contribution in [2.24, 2.45) is 5.10 Å². The highest BCUT2D eigenvalue weighted by atomic mass is 32.1. The number of nitrogens with one attached hydrogen (secondary N) is 1. The second kappa shape index (κ2) is 8.17. The Morgan fingerprint density at radius 1 is 1.04 bits per heavy atom. The Bertz CT molecular complexity index is 938. The lowest BCUT2D eigenvalue weighted by Crippen LogP contribution is -2.16. The Morgan fingerprint density at radius 2 is 1.81 bits per heavy atom. The monoisotopic (exact) mass is 368 g/mol. The number of hydrogen-bond donors (Lipinski definition) is 1. The molecule has 0 radical (unpaired) electrons. The number of carbonyl (C=O) groups excluding carboxylic acids is 2. The molecule has 0 spiro atoms. The lowest BCUT2D eigenvalue weighted by Gasteiger charge is -2.05. The van der Waals surface area contributed by atoms with Crippen LogP contribution in [0.3, 0.4) is 0 Å². The number of benzene rings is 2. The number of thiophene rings is 1. The first-order valence-corrected chi connectivity index (χ1v) is 8.45. The molecule has 26 heavy (non-hydrogen) atoms. The standard InChI is InChI=1S/C19H13FN2O3S/c20-16-5-2-1-4-15(16)19(24)25-14-9-7-13(8-10-14)12-21-22-18(23)17-6-3-11-26-17/h1-12H,(H,22,23)/b21-12-. The summed E-state index contributed by atoms with van der Waals surface area (Å²) in [6.07, 6.45) is 1.47. The van der Waals surface area contributed by atoms with Crippen molar-refractivity contribution in [1.29, 1.82) is 0 Å². The molecule has 0 saturated heterocycles. The highest BCUT2D eigenvalue weighted by Gasteiger charge is 2.13. The summed E-state index contributed by atoms with van der Waals surface area (Å²) in [5.74, 6) is -1.42. The molecule has 3 aromatic rings. The summed E-state index contributed by atoms with van der Waals surface area (Å²) in [6, 6.07) is 15.5. The topological polar surface area (TPSA) is 67.8 Å². The Labute approximate surface area is 152 Å². The van der Waals surface area contributed by atoms with Crippen molar-refractivity contribution >= 4 is 29.4 Å². The van der Waals surface area contributed by atoms with Gasteiger partial charge in [0.2, 0.25) is 0 Å². The first-order chi connectivity index (χ1) is 12.6. The molecule has 0 bridgehead atoms. The minimum Gasteiger partial charge on any atom is -0.423 e. The molecule has 0 saturated carbocycles. The summed E-state index contributed by atoms with van der Waals surface area (Å²) in [4.78, 5) is 24.2. The van der Waals surface area contributed by atoms with Crippen LogP contribution in [0, 0.1) is 5.82 Å². The Morgan fingerprint density at radius 3 is 2.50 bits per heavy atom. The van der Waals surface area contributed by atoms with Crippen molar-refractivity contribution in [2.45, 2.75) is 0 Å². The normalized spacial score (nSPS) is 10.7. The number of carbonyl (C=O) groups is 2. The van der Waals surface area contributed by atoms with Crippen LogP contribution in [-0.2, 0) is 0 Å². The van der Waals surface area contributed by atoms with Gasteiger partial charge >= 0.3 is 5.97 Å². The average Bonchev–Trinajstić information content (AvgIpc) is 3.18. The number of esters is 1. The predicted octanol–water partition coefficient (Wildman–Crippen LogP) is 3.87. The molecule has 0 atom stereocenters. The van der Waals surface area contributed by atoms with Crippen LogP contribution < -0.4 is 10.2 Å². The van der Waals surface area contributed by atoms with Gasteiger partial charge < -0.3 is 4.74 Å². The molecule has 1 amide bonds. The lowest BCUT2D eigenvalue weighted by molar-refractivity contribution is 0.0729. The Hall–Kier alpha value is -3.32. The fourth-order valence-corrected chi connectivity index (χ4v) is 2.65. The minimum absolute atomic E-state index is 0.130. The van der Waals surface area contributed by atoms with Crippen molar-refractivity contribution in [1.82, 2.24) is 5.43 Å². The fourth-order valence-electron chi connectivity index (χ4n) is 2.04. The molecular formula is C19H13FN2O3S. The second-order valence-corrected chi connectivity index (χ2v) is 6.06. The first-order valence-electron chi connectivity index (χ1n) is 7.57. The van der Waals surface area contributed by atoms with Gasteiger partial charge in [-0.15, -0.1) is 11.3 Å². The van der Waals surface area contributed by atoms with Crippen LogP contribution >= 0.6 is 11.3 Å². The summed E-state index contributed by atoms with van der Waals surface area (Å²) >= 11 is 1.32. The Kier molecular flexibility index (Phi) is 5.50. The van der Waals surface area contributed by atoms with Crippen LogP contribution in [0.25, 0.3) is 0 Å². The quantitative estimate of drug-likeness (QED) is 0.322. The summed E-state index contributed by atoms with van der Waals surface area (Å²) in [6.45, 7) is 0. The summed E-state index contributed by atoms with van der Waals surface area (Å²) in [7, 11) is 0. The van der Waals surface area contributed by atoms with E-state index >= 15 is 0 Å². The third kappa shape index (κ3) is 4.40. The fraction of sp³-hybridized carbons (Fsp3) is 0. The van der Waals surface area contributed by atoms with E-state index in [4.69, 9.17) is 4.74 Å². The number of halogens is 1. The molecule has 2 aromatic carbocycles. The molecule has 0 fully saturated rings. The summed E-state index contributed by atoms with van der Waals surface area (Å²) < 4.78 is 18.7. The summed E-state index contributed by atoms with van der Waals surface area (Å²) in [5.41, 5.74) is 2.99. The molecule has 0 aliphatic heterocycles. The summed E-state index contributed by atoms with van der Waals surface area (Å²) in [5, 5.41) is 5.68. The molecule has 0 aliphatic carbocycles. The number of hydrogen-bond acceptors (Lipinski definition) is 5. The maximum absolute atomic E-state index is 13.6. The van der Waals surface area contributed by atoms with Crippen LogP contribution in [0.15, 0.2) is 71.1 Å². The molecule has 1 heterocycles. The van der Waals surface area contributed by atoms with Gasteiger partial charge in [-0.3, -0.25) is 4.79 Å². The van der Waals surface area contributed by atoms with E-state index < -0.39 is 11.8 Å². The van der Waals surface area contributed by atoms with Crippen LogP contribution in [0.2, 0.25) is 0 Å². The Balaban J connectivity index is 1.58. The molecular weight excluding hydrogens is 355 g/mol. The molecule has 7 heteroatoms. The van der Waals surface area contributed by atoms with Crippen molar-refractivity contribution in [3.8, 4) is 5.75 Å². The van der Waals surface area contributed by atoms with E-state index in [1.807, 2.05) is 0 Å². The van der Waals surface area contributed by atoms with E-state index in [1.165, 1.54) is 35.8 Å². The van der Waals surface area contributed by atoms with Crippen LogP contribution in [-0.4, -0.2) is 18.1 Å². The van der Waals surface area contributed by atoms with E-state index in [0.29, 0.717) is 10.4 Å². The van der Waals surface area contributed by atoms with Crippen LogP contribution in [0.5, 0.6) is 5.75 Å². The maximum Gasteiger partial charge on any atom is 0.346 e. The lowest BCUT2D eigenvalue weighted by atomic mass is 10.2. The van der Waals surface area contributed by atoms with Gasteiger partial charge in [0.05, 0.1) is 16.7 Å². The molecule has 130 valence electrons. The van der Waals surface area contributed by atoms with Crippen LogP contribution in [0.4, 0.5) is 4.39 Å². The second-order valence-electron chi connectivity index (χ2n) is 5.11. The van der Waals surface area contributed by atoms with Gasteiger partial charge in [0.25, 0.3) is 5.91 Å². The van der Waals surface area contributed by atoms with E-state index in [2.05, 4.69) is 10.5 Å². The van der Waals surface area contributed by atoms with E-state index in [1.54, 1.807) is 47.8 Å². The number of nitrogens with zero attached hydrogens (tertiary/aromatic N) is 1. The van der Waals surface area contributed by atoms with E-state index in [0.717, 1.165) is 0 Å². The maximum atomic E-state index is 13.6. The molecule has 3 rings (SSSR count). The zero-order valence-electron chi connectivity index (χ0n) is 13.4. The van der Waals surface area contributed by atoms with Crippen molar-refractivity contribution in [3.63, 3.8) is 0 Å². The third-order valence-electron chi connectivity index (χ3n) is 3.31. The van der Waals surface area contributed by atoms with Crippen LogP contribution in [0.1, 0.15) is 25.6 Å². The van der Waals surface area contributed by atoms with Gasteiger partial charge in [0.15, 0.2) is 0 Å². The van der Waals surface area contributed by atoms with Crippen molar-refractivity contribution < 1.29 is 18.7 Å². The zero-order chi connectivity index (χ0) is 18.4. The molecule has 0 aliphatic rings. The smallest absolute Gasteiger partial charge is 0.346 e. The molecule has 5 nitrogen and oxygen atoms in total. The molecule has 1 aromatic heterocycles. The minimum atomic E-state index is -0.771. The number of amides is 1. The van der Waals surface area contributed by atoms with Gasteiger partial charge in [-0.1, -0.05) is 18.2 Å². The number of hydrazone groups is 1. The number of rotatable bonds is 5. The molecule has 0 unspecified atom stereocenters. The van der Waals surface area contributed by atoms with E-state index in [-0.39, 0.29) is 17.2 Å². The van der Waals surface area contributed by atoms with Gasteiger partial charge in [0, 0.05) is 0 Å². The van der Waals surface area contributed by atoms with Gasteiger partial charge in [-0.25, -0.2) is 14.6 Å². The van der Waals surface area contributed by atoms with Gasteiger partial charge in [0.1, 0.15) is 11.6 Å². The van der Waals surface area contributed by atoms with Gasteiger partial charge in [-0.05, 0) is 53.4 Å². The third-order valence-corrected chi connectivity index (χ3v) is 4.18. The van der Waals surface area contributed by atoms with E-state index in [9.17, 15) is 14.0 Å². The highest BCUT2D eigenvalue weighted by Crippen LogP contribution is 2.15. The predicted molar refractivity (Wildman–Crippen MR) is 97.2 cm³/mol.